The molecule has 0 aliphatic carbocycles. The lowest BCUT2D eigenvalue weighted by Crippen LogP contribution is -2.66. The van der Waals surface area contributed by atoms with Crippen LogP contribution < -0.4 is 5.32 Å². The molecule has 1 N–H and O–H groups in total. The molecule has 2 nitrogen and oxygen atoms in total. The summed E-state index contributed by atoms with van der Waals surface area (Å²) in [6, 6.07) is 6.17. The Morgan fingerprint density at radius 3 is 2.65 bits per heavy atom. The molecule has 1 fully saturated rings. The summed E-state index contributed by atoms with van der Waals surface area (Å²) in [4.78, 5) is 2.57. The van der Waals surface area contributed by atoms with E-state index in [4.69, 9.17) is 11.6 Å². The third-order valence-electron chi connectivity index (χ3n) is 4.44. The Labute approximate surface area is 136 Å². The number of halogens is 2. The summed E-state index contributed by atoms with van der Waals surface area (Å²) in [5.41, 5.74) is 1.54. The fraction of sp³-hybridized carbons (Fsp3) is 0.625. The zero-order chi connectivity index (χ0) is 15.0. The maximum absolute atomic E-state index is 6.38. The Balaban J connectivity index is 2.23. The van der Waals surface area contributed by atoms with Crippen molar-refractivity contribution in [2.75, 3.05) is 13.1 Å². The molecule has 20 heavy (non-hydrogen) atoms. The highest BCUT2D eigenvalue weighted by molar-refractivity contribution is 9.10. The monoisotopic (exact) mass is 358 g/mol. The summed E-state index contributed by atoms with van der Waals surface area (Å²) in [6.45, 7) is 12.1. The van der Waals surface area contributed by atoms with Crippen molar-refractivity contribution >= 4 is 27.5 Å². The van der Waals surface area contributed by atoms with Crippen molar-refractivity contribution in [2.24, 2.45) is 0 Å². The van der Waals surface area contributed by atoms with E-state index in [0.29, 0.717) is 0 Å². The minimum Gasteiger partial charge on any atom is -0.309 e. The van der Waals surface area contributed by atoms with Gasteiger partial charge < -0.3 is 5.32 Å². The Hall–Kier alpha value is -0.0900. The molecule has 1 saturated heterocycles. The number of benzene rings is 1. The number of rotatable bonds is 3. The fourth-order valence-electron chi connectivity index (χ4n) is 2.72. The molecule has 0 aromatic heterocycles. The zero-order valence-corrected chi connectivity index (χ0v) is 15.1. The maximum atomic E-state index is 6.38. The fourth-order valence-corrected chi connectivity index (χ4v) is 3.45. The van der Waals surface area contributed by atoms with Crippen LogP contribution in [0.15, 0.2) is 22.7 Å². The van der Waals surface area contributed by atoms with Crippen molar-refractivity contribution in [2.45, 2.75) is 51.7 Å². The van der Waals surface area contributed by atoms with Crippen LogP contribution in [0.2, 0.25) is 5.02 Å². The van der Waals surface area contributed by atoms with Crippen LogP contribution in [-0.2, 0) is 6.54 Å². The van der Waals surface area contributed by atoms with Gasteiger partial charge in [0.1, 0.15) is 0 Å². The highest BCUT2D eigenvalue weighted by atomic mass is 79.9. The molecule has 1 aromatic carbocycles. The molecule has 1 aliphatic rings. The molecular weight excluding hydrogens is 336 g/mol. The minimum absolute atomic E-state index is 0.149. The lowest BCUT2D eigenvalue weighted by Gasteiger charge is -2.51. The number of nitrogens with one attached hydrogen (secondary N) is 1. The Kier molecular flexibility index (Phi) is 4.85. The van der Waals surface area contributed by atoms with Gasteiger partial charge in [-0.3, -0.25) is 4.90 Å². The van der Waals surface area contributed by atoms with Gasteiger partial charge in [0, 0.05) is 40.2 Å². The van der Waals surface area contributed by atoms with Gasteiger partial charge in [-0.05, 0) is 44.9 Å². The Morgan fingerprint density at radius 1 is 1.35 bits per heavy atom. The molecule has 1 unspecified atom stereocenters. The molecular formula is C16H24BrClN2. The van der Waals surface area contributed by atoms with Crippen LogP contribution in [0.3, 0.4) is 0 Å². The predicted molar refractivity (Wildman–Crippen MR) is 90.3 cm³/mol. The normalized spacial score (nSPS) is 26.7. The van der Waals surface area contributed by atoms with E-state index in [0.717, 1.165) is 35.6 Å². The smallest absolute Gasteiger partial charge is 0.0462 e. The van der Waals surface area contributed by atoms with Gasteiger partial charge in [-0.2, -0.15) is 0 Å². The highest BCUT2D eigenvalue weighted by Gasteiger charge is 2.39. The van der Waals surface area contributed by atoms with Crippen molar-refractivity contribution in [1.82, 2.24) is 10.2 Å². The number of hydrogen-bond acceptors (Lipinski definition) is 2. The van der Waals surface area contributed by atoms with Crippen molar-refractivity contribution in [3.63, 3.8) is 0 Å². The second-order valence-corrected chi connectivity index (χ2v) is 8.00. The quantitative estimate of drug-likeness (QED) is 0.857. The van der Waals surface area contributed by atoms with Gasteiger partial charge in [-0.15, -0.1) is 0 Å². The molecule has 1 atom stereocenters. The van der Waals surface area contributed by atoms with E-state index in [2.05, 4.69) is 66.0 Å². The van der Waals surface area contributed by atoms with Crippen LogP contribution in [0, 0.1) is 0 Å². The molecule has 0 amide bonds. The van der Waals surface area contributed by atoms with E-state index in [1.807, 2.05) is 6.07 Å². The van der Waals surface area contributed by atoms with Crippen LogP contribution in [0.5, 0.6) is 0 Å². The van der Waals surface area contributed by atoms with Gasteiger partial charge in [0.2, 0.25) is 0 Å². The van der Waals surface area contributed by atoms with Crippen LogP contribution in [0.25, 0.3) is 0 Å². The average Bonchev–Trinajstić information content (AvgIpc) is 2.37. The van der Waals surface area contributed by atoms with Crippen LogP contribution in [0.1, 0.15) is 39.7 Å². The van der Waals surface area contributed by atoms with Gasteiger partial charge in [-0.25, -0.2) is 0 Å². The molecule has 0 saturated carbocycles. The van der Waals surface area contributed by atoms with E-state index in [9.17, 15) is 0 Å². The number of hydrogen-bond donors (Lipinski definition) is 1. The second kappa shape index (κ2) is 5.96. The first-order chi connectivity index (χ1) is 9.26. The molecule has 0 spiro atoms. The van der Waals surface area contributed by atoms with Crippen molar-refractivity contribution in [3.05, 3.63) is 33.3 Å². The number of nitrogens with zero attached hydrogens (tertiary/aromatic N) is 1. The predicted octanol–water partition coefficient (Wildman–Crippen LogP) is 4.46. The summed E-state index contributed by atoms with van der Waals surface area (Å²) < 4.78 is 1.03. The topological polar surface area (TPSA) is 15.3 Å². The molecule has 0 radical (unpaired) electrons. The highest BCUT2D eigenvalue weighted by Crippen LogP contribution is 2.30. The molecule has 4 heteroatoms. The van der Waals surface area contributed by atoms with E-state index < -0.39 is 0 Å². The van der Waals surface area contributed by atoms with E-state index in [1.54, 1.807) is 0 Å². The van der Waals surface area contributed by atoms with E-state index >= 15 is 0 Å². The Morgan fingerprint density at radius 2 is 2.05 bits per heavy atom. The Bertz CT molecular complexity index is 489. The molecule has 0 bridgehead atoms. The van der Waals surface area contributed by atoms with Gasteiger partial charge in [0.25, 0.3) is 0 Å². The SMILES string of the molecule is CCC1(C)CNC(C)(C)CN1Cc1ccc(Br)cc1Cl. The summed E-state index contributed by atoms with van der Waals surface area (Å²) in [5, 5.41) is 4.50. The van der Waals surface area contributed by atoms with E-state index in [-0.39, 0.29) is 11.1 Å². The molecule has 1 aromatic rings. The summed E-state index contributed by atoms with van der Waals surface area (Å²) in [7, 11) is 0. The first-order valence-electron chi connectivity index (χ1n) is 7.20. The van der Waals surface area contributed by atoms with Crippen molar-refractivity contribution in [3.8, 4) is 0 Å². The standard InChI is InChI=1S/C16H24BrClN2/c1-5-16(4)10-19-15(2,3)11-20(16)9-12-6-7-13(17)8-14(12)18/h6-8,19H,5,9-11H2,1-4H3. The lowest BCUT2D eigenvalue weighted by atomic mass is 9.87. The molecule has 1 heterocycles. The zero-order valence-electron chi connectivity index (χ0n) is 12.8. The van der Waals surface area contributed by atoms with Gasteiger partial charge >= 0.3 is 0 Å². The summed E-state index contributed by atoms with van der Waals surface area (Å²) in [5.74, 6) is 0. The largest absolute Gasteiger partial charge is 0.309 e. The molecule has 1 aliphatic heterocycles. The van der Waals surface area contributed by atoms with Gasteiger partial charge in [-0.1, -0.05) is 40.5 Å². The van der Waals surface area contributed by atoms with Crippen LogP contribution in [0.4, 0.5) is 0 Å². The maximum Gasteiger partial charge on any atom is 0.0462 e. The first-order valence-corrected chi connectivity index (χ1v) is 8.37. The minimum atomic E-state index is 0.149. The first kappa shape index (κ1) is 16.3. The lowest BCUT2D eigenvalue weighted by molar-refractivity contribution is 0.0175. The molecule has 2 rings (SSSR count). The summed E-state index contributed by atoms with van der Waals surface area (Å²) >= 11 is 9.85. The van der Waals surface area contributed by atoms with Crippen LogP contribution >= 0.6 is 27.5 Å². The third-order valence-corrected chi connectivity index (χ3v) is 5.28. The summed E-state index contributed by atoms with van der Waals surface area (Å²) in [6.07, 6.45) is 1.13. The number of piperazine rings is 1. The second-order valence-electron chi connectivity index (χ2n) is 6.68. The van der Waals surface area contributed by atoms with E-state index in [1.165, 1.54) is 5.56 Å². The van der Waals surface area contributed by atoms with Crippen molar-refractivity contribution < 1.29 is 0 Å². The van der Waals surface area contributed by atoms with Gasteiger partial charge in [0.05, 0.1) is 0 Å². The van der Waals surface area contributed by atoms with Crippen LogP contribution in [-0.4, -0.2) is 29.1 Å². The van der Waals surface area contributed by atoms with Crippen molar-refractivity contribution in [1.29, 1.82) is 0 Å². The third kappa shape index (κ3) is 3.56. The average molecular weight is 360 g/mol. The van der Waals surface area contributed by atoms with Gasteiger partial charge in [0.15, 0.2) is 0 Å². The molecule has 112 valence electrons.